The van der Waals surface area contributed by atoms with Crippen molar-refractivity contribution < 1.29 is 9.84 Å². The number of hydrogen-bond acceptors (Lipinski definition) is 4. The highest BCUT2D eigenvalue weighted by atomic mass is 16.5. The molecule has 1 aliphatic rings. The lowest BCUT2D eigenvalue weighted by Gasteiger charge is -2.16. The fraction of sp³-hybridized carbons (Fsp3) is 0.438. The van der Waals surface area contributed by atoms with E-state index in [1.165, 1.54) is 0 Å². The maximum absolute atomic E-state index is 9.14. The predicted octanol–water partition coefficient (Wildman–Crippen LogP) is 1.93. The number of hydrogen-bond donors (Lipinski definition) is 1. The Balaban J connectivity index is 1.58. The van der Waals surface area contributed by atoms with E-state index in [0.29, 0.717) is 19.1 Å². The van der Waals surface area contributed by atoms with E-state index >= 15 is 0 Å². The molecule has 4 heteroatoms. The third-order valence-corrected chi connectivity index (χ3v) is 3.89. The first-order chi connectivity index (χ1) is 9.86. The van der Waals surface area contributed by atoms with Gasteiger partial charge in [-0.25, -0.2) is 0 Å². The van der Waals surface area contributed by atoms with Crippen molar-refractivity contribution >= 4 is 10.9 Å². The molecule has 20 heavy (non-hydrogen) atoms. The molecule has 1 atom stereocenters. The number of rotatable bonds is 5. The van der Waals surface area contributed by atoms with Gasteiger partial charge in [-0.3, -0.25) is 9.88 Å². The summed E-state index contributed by atoms with van der Waals surface area (Å²) in [6.07, 6.45) is 2.88. The van der Waals surface area contributed by atoms with Crippen molar-refractivity contribution in [2.45, 2.75) is 6.42 Å². The fourth-order valence-corrected chi connectivity index (χ4v) is 2.74. The summed E-state index contributed by atoms with van der Waals surface area (Å²) in [7, 11) is 0. The van der Waals surface area contributed by atoms with E-state index in [9.17, 15) is 0 Å². The molecule has 1 aromatic heterocycles. The molecule has 0 aliphatic carbocycles. The van der Waals surface area contributed by atoms with Crippen LogP contribution in [0.4, 0.5) is 0 Å². The quantitative estimate of drug-likeness (QED) is 0.903. The lowest BCUT2D eigenvalue weighted by Crippen LogP contribution is -2.26. The molecule has 0 amide bonds. The average molecular weight is 272 g/mol. The Bertz CT molecular complexity index is 568. The van der Waals surface area contributed by atoms with Crippen molar-refractivity contribution in [1.29, 1.82) is 0 Å². The maximum Gasteiger partial charge on any atom is 0.145 e. The second kappa shape index (κ2) is 6.20. The van der Waals surface area contributed by atoms with Crippen molar-refractivity contribution in [1.82, 2.24) is 9.88 Å². The molecule has 0 bridgehead atoms. The molecule has 1 aromatic carbocycles. The van der Waals surface area contributed by atoms with Gasteiger partial charge in [0.2, 0.25) is 0 Å². The van der Waals surface area contributed by atoms with E-state index in [1.807, 2.05) is 30.3 Å². The highest BCUT2D eigenvalue weighted by molar-refractivity contribution is 5.84. The van der Waals surface area contributed by atoms with Crippen LogP contribution in [0.3, 0.4) is 0 Å². The van der Waals surface area contributed by atoms with Crippen molar-refractivity contribution in [3.05, 3.63) is 36.5 Å². The molecule has 0 saturated carbocycles. The van der Waals surface area contributed by atoms with Gasteiger partial charge in [0.1, 0.15) is 17.9 Å². The summed E-state index contributed by atoms with van der Waals surface area (Å²) in [5.74, 6) is 1.29. The number of aliphatic hydroxyl groups is 1. The molecule has 0 radical (unpaired) electrons. The Morgan fingerprint density at radius 3 is 3.05 bits per heavy atom. The van der Waals surface area contributed by atoms with Crippen LogP contribution in [0.1, 0.15) is 6.42 Å². The number of nitrogens with zero attached hydrogens (tertiary/aromatic N) is 2. The first kappa shape index (κ1) is 13.3. The van der Waals surface area contributed by atoms with Gasteiger partial charge in [-0.2, -0.15) is 0 Å². The van der Waals surface area contributed by atoms with Crippen LogP contribution in [-0.2, 0) is 0 Å². The summed E-state index contributed by atoms with van der Waals surface area (Å²) in [5, 5.41) is 10.2. The van der Waals surface area contributed by atoms with Crippen LogP contribution in [-0.4, -0.2) is 47.8 Å². The molecule has 4 nitrogen and oxygen atoms in total. The van der Waals surface area contributed by atoms with Gasteiger partial charge in [0.05, 0.1) is 0 Å². The molecule has 1 aliphatic heterocycles. The van der Waals surface area contributed by atoms with Crippen LogP contribution < -0.4 is 4.74 Å². The van der Waals surface area contributed by atoms with E-state index in [4.69, 9.17) is 9.84 Å². The fourth-order valence-electron chi connectivity index (χ4n) is 2.74. The number of aliphatic hydroxyl groups excluding tert-OH is 1. The highest BCUT2D eigenvalue weighted by Crippen LogP contribution is 2.23. The van der Waals surface area contributed by atoms with E-state index in [1.54, 1.807) is 6.20 Å². The van der Waals surface area contributed by atoms with Crippen molar-refractivity contribution in [2.75, 3.05) is 32.8 Å². The van der Waals surface area contributed by atoms with Gasteiger partial charge in [-0.1, -0.05) is 18.2 Å². The van der Waals surface area contributed by atoms with Crippen LogP contribution in [0.5, 0.6) is 5.75 Å². The number of ether oxygens (including phenoxy) is 1. The standard InChI is InChI=1S/C16H20N2O2/c19-12-13-6-8-18(11-13)9-10-20-15-5-1-3-14-4-2-7-17-16(14)15/h1-5,7,13,19H,6,8-12H2. The van der Waals surface area contributed by atoms with Gasteiger partial charge in [0.15, 0.2) is 0 Å². The van der Waals surface area contributed by atoms with Gasteiger partial charge in [-0.05, 0) is 31.0 Å². The third kappa shape index (κ3) is 2.92. The minimum Gasteiger partial charge on any atom is -0.490 e. The van der Waals surface area contributed by atoms with Crippen LogP contribution in [0.25, 0.3) is 10.9 Å². The number of pyridine rings is 1. The molecule has 2 heterocycles. The molecular formula is C16H20N2O2. The van der Waals surface area contributed by atoms with Gasteiger partial charge < -0.3 is 9.84 Å². The molecule has 0 spiro atoms. The van der Waals surface area contributed by atoms with Crippen molar-refractivity contribution in [3.63, 3.8) is 0 Å². The van der Waals surface area contributed by atoms with Crippen LogP contribution >= 0.6 is 0 Å². The number of fused-ring (bicyclic) bond motifs is 1. The molecular weight excluding hydrogens is 252 g/mol. The van der Waals surface area contributed by atoms with E-state index < -0.39 is 0 Å². The predicted molar refractivity (Wildman–Crippen MR) is 78.9 cm³/mol. The number of para-hydroxylation sites is 1. The van der Waals surface area contributed by atoms with Gasteiger partial charge in [0.25, 0.3) is 0 Å². The molecule has 106 valence electrons. The van der Waals surface area contributed by atoms with E-state index in [0.717, 1.165) is 42.7 Å². The highest BCUT2D eigenvalue weighted by Gasteiger charge is 2.21. The summed E-state index contributed by atoms with van der Waals surface area (Å²) in [5.41, 5.74) is 0.921. The Morgan fingerprint density at radius 2 is 2.20 bits per heavy atom. The van der Waals surface area contributed by atoms with Gasteiger partial charge in [0, 0.05) is 31.3 Å². The molecule has 1 unspecified atom stereocenters. The van der Waals surface area contributed by atoms with Gasteiger partial charge >= 0.3 is 0 Å². The lowest BCUT2D eigenvalue weighted by molar-refractivity contribution is 0.205. The minimum absolute atomic E-state index is 0.296. The largest absolute Gasteiger partial charge is 0.490 e. The summed E-state index contributed by atoms with van der Waals surface area (Å²) < 4.78 is 5.88. The average Bonchev–Trinajstić information content (AvgIpc) is 2.95. The van der Waals surface area contributed by atoms with Gasteiger partial charge in [-0.15, -0.1) is 0 Å². The van der Waals surface area contributed by atoms with Crippen LogP contribution in [0.15, 0.2) is 36.5 Å². The lowest BCUT2D eigenvalue weighted by atomic mass is 10.1. The summed E-state index contributed by atoms with van der Waals surface area (Å²) >= 11 is 0. The summed E-state index contributed by atoms with van der Waals surface area (Å²) in [4.78, 5) is 6.73. The Hall–Kier alpha value is -1.65. The molecule has 2 aromatic rings. The van der Waals surface area contributed by atoms with E-state index in [-0.39, 0.29) is 0 Å². The molecule has 1 N–H and O–H groups in total. The smallest absolute Gasteiger partial charge is 0.145 e. The first-order valence-corrected chi connectivity index (χ1v) is 7.16. The zero-order valence-electron chi connectivity index (χ0n) is 11.5. The van der Waals surface area contributed by atoms with Crippen molar-refractivity contribution in [2.24, 2.45) is 5.92 Å². The Kier molecular flexibility index (Phi) is 4.14. The Labute approximate surface area is 119 Å². The summed E-state index contributed by atoms with van der Waals surface area (Å²) in [6, 6.07) is 9.99. The number of benzene rings is 1. The SMILES string of the molecule is OCC1CCN(CCOc2cccc3cccnc23)C1. The Morgan fingerprint density at radius 1 is 1.30 bits per heavy atom. The first-order valence-electron chi connectivity index (χ1n) is 7.16. The molecule has 1 saturated heterocycles. The third-order valence-electron chi connectivity index (χ3n) is 3.89. The second-order valence-corrected chi connectivity index (χ2v) is 5.32. The zero-order valence-corrected chi connectivity index (χ0v) is 11.5. The number of likely N-dealkylation sites (tertiary alicyclic amines) is 1. The topological polar surface area (TPSA) is 45.6 Å². The molecule has 3 rings (SSSR count). The minimum atomic E-state index is 0.296. The molecule has 1 fully saturated rings. The second-order valence-electron chi connectivity index (χ2n) is 5.32. The number of aromatic nitrogens is 1. The van der Waals surface area contributed by atoms with Crippen LogP contribution in [0, 0.1) is 5.92 Å². The monoisotopic (exact) mass is 272 g/mol. The normalized spacial score (nSPS) is 19.6. The maximum atomic E-state index is 9.14. The zero-order chi connectivity index (χ0) is 13.8. The van der Waals surface area contributed by atoms with Crippen LogP contribution in [0.2, 0.25) is 0 Å². The summed E-state index contributed by atoms with van der Waals surface area (Å²) in [6.45, 7) is 3.90. The van der Waals surface area contributed by atoms with Crippen molar-refractivity contribution in [3.8, 4) is 5.75 Å². The van der Waals surface area contributed by atoms with E-state index in [2.05, 4.69) is 9.88 Å².